The molecule has 0 heterocycles. The number of benzene rings is 4. The van der Waals surface area contributed by atoms with Gasteiger partial charge in [-0.2, -0.15) is 0 Å². The maximum absolute atomic E-state index is 13.5. The SMILES string of the molecule is COc1cccc(/C=C(/NC(=O)c2ccccc2)C(=O)Nc2cccc(SCC(=O)Nc3cc(Cl)cc(Cl)c3)c2)c1OC. The second-order valence-corrected chi connectivity index (χ2v) is 10.9. The Morgan fingerprint density at radius 3 is 2.21 bits per heavy atom. The van der Waals surface area contributed by atoms with E-state index >= 15 is 0 Å². The van der Waals surface area contributed by atoms with E-state index in [1.807, 2.05) is 6.07 Å². The molecule has 8 nitrogen and oxygen atoms in total. The van der Waals surface area contributed by atoms with Gasteiger partial charge < -0.3 is 25.4 Å². The van der Waals surface area contributed by atoms with Crippen LogP contribution in [0.2, 0.25) is 10.0 Å². The lowest BCUT2D eigenvalue weighted by atomic mass is 10.1. The van der Waals surface area contributed by atoms with Gasteiger partial charge in [0.2, 0.25) is 5.91 Å². The molecule has 0 aromatic heterocycles. The van der Waals surface area contributed by atoms with Crippen molar-refractivity contribution in [3.8, 4) is 11.5 Å². The van der Waals surface area contributed by atoms with E-state index in [9.17, 15) is 14.4 Å². The number of halogens is 2. The minimum atomic E-state index is -0.563. The van der Waals surface area contributed by atoms with Crippen molar-refractivity contribution in [1.29, 1.82) is 0 Å². The van der Waals surface area contributed by atoms with Crippen LogP contribution in [0.5, 0.6) is 11.5 Å². The first-order chi connectivity index (χ1) is 20.7. The number of anilines is 2. The number of rotatable bonds is 11. The molecule has 0 radical (unpaired) electrons. The molecule has 0 spiro atoms. The van der Waals surface area contributed by atoms with Crippen LogP contribution in [0.25, 0.3) is 6.08 Å². The van der Waals surface area contributed by atoms with E-state index in [2.05, 4.69) is 16.0 Å². The Hall–Kier alpha value is -4.44. The van der Waals surface area contributed by atoms with Gasteiger partial charge in [-0.05, 0) is 60.7 Å². The molecule has 4 aromatic carbocycles. The van der Waals surface area contributed by atoms with Crippen molar-refractivity contribution >= 4 is 70.1 Å². The number of carbonyl (C=O) groups is 3. The number of hydrogen-bond acceptors (Lipinski definition) is 6. The van der Waals surface area contributed by atoms with E-state index in [4.69, 9.17) is 32.7 Å². The third-order valence-corrected chi connectivity index (χ3v) is 7.30. The number of methoxy groups -OCH3 is 2. The lowest BCUT2D eigenvalue weighted by Gasteiger charge is -2.14. The summed E-state index contributed by atoms with van der Waals surface area (Å²) >= 11 is 13.3. The monoisotopic (exact) mass is 635 g/mol. The molecule has 4 aromatic rings. The number of nitrogens with one attached hydrogen (secondary N) is 3. The fraction of sp³-hybridized carbons (Fsp3) is 0.0938. The highest BCUT2D eigenvalue weighted by Crippen LogP contribution is 2.32. The summed E-state index contributed by atoms with van der Waals surface area (Å²) in [6, 6.07) is 25.6. The Labute approximate surface area is 263 Å². The summed E-state index contributed by atoms with van der Waals surface area (Å²) in [7, 11) is 3.00. The van der Waals surface area contributed by atoms with Gasteiger partial charge in [-0.15, -0.1) is 11.8 Å². The molecule has 4 rings (SSSR count). The van der Waals surface area contributed by atoms with E-state index < -0.39 is 11.8 Å². The second-order valence-electron chi connectivity index (χ2n) is 8.94. The smallest absolute Gasteiger partial charge is 0.272 e. The third kappa shape index (κ3) is 9.02. The van der Waals surface area contributed by atoms with Crippen LogP contribution in [-0.4, -0.2) is 37.7 Å². The highest BCUT2D eigenvalue weighted by atomic mass is 35.5. The molecular weight excluding hydrogens is 609 g/mol. The van der Waals surface area contributed by atoms with Gasteiger partial charge in [0.1, 0.15) is 5.70 Å². The van der Waals surface area contributed by atoms with Crippen molar-refractivity contribution in [2.45, 2.75) is 4.90 Å². The first-order valence-electron chi connectivity index (χ1n) is 12.8. The zero-order chi connectivity index (χ0) is 30.8. The van der Waals surface area contributed by atoms with Crippen molar-refractivity contribution in [1.82, 2.24) is 5.32 Å². The fourth-order valence-corrected chi connectivity index (χ4v) is 5.24. The van der Waals surface area contributed by atoms with Crippen LogP contribution in [0.4, 0.5) is 11.4 Å². The number of hydrogen-bond donors (Lipinski definition) is 3. The topological polar surface area (TPSA) is 106 Å². The lowest BCUT2D eigenvalue weighted by molar-refractivity contribution is -0.114. The molecule has 43 heavy (non-hydrogen) atoms. The highest BCUT2D eigenvalue weighted by Gasteiger charge is 2.18. The molecule has 0 fully saturated rings. The first kappa shape index (κ1) is 31.5. The van der Waals surface area contributed by atoms with Crippen LogP contribution in [0.15, 0.2) is 102 Å². The number of amides is 3. The molecule has 0 aliphatic carbocycles. The van der Waals surface area contributed by atoms with Gasteiger partial charge in [-0.25, -0.2) is 0 Å². The first-order valence-corrected chi connectivity index (χ1v) is 14.6. The number of ether oxygens (including phenoxy) is 2. The number of para-hydroxylation sites is 1. The summed E-state index contributed by atoms with van der Waals surface area (Å²) in [4.78, 5) is 39.8. The molecule has 0 aliphatic heterocycles. The van der Waals surface area contributed by atoms with Gasteiger partial charge in [0, 0.05) is 37.4 Å². The minimum Gasteiger partial charge on any atom is -0.493 e. The van der Waals surface area contributed by atoms with E-state index in [-0.39, 0.29) is 17.4 Å². The van der Waals surface area contributed by atoms with Crippen LogP contribution < -0.4 is 25.4 Å². The van der Waals surface area contributed by atoms with E-state index in [0.29, 0.717) is 44.0 Å². The minimum absolute atomic E-state index is 0.0157. The molecule has 11 heteroatoms. The predicted molar refractivity (Wildman–Crippen MR) is 172 cm³/mol. The molecule has 3 amide bonds. The van der Waals surface area contributed by atoms with Crippen molar-refractivity contribution in [3.63, 3.8) is 0 Å². The molecule has 3 N–H and O–H groups in total. The Morgan fingerprint density at radius 2 is 1.51 bits per heavy atom. The average Bonchev–Trinajstić information content (AvgIpc) is 2.99. The third-order valence-electron chi connectivity index (χ3n) is 5.87. The second kappa shape index (κ2) is 15.2. The quantitative estimate of drug-likeness (QED) is 0.119. The van der Waals surface area contributed by atoms with Crippen molar-refractivity contribution in [3.05, 3.63) is 118 Å². The highest BCUT2D eigenvalue weighted by molar-refractivity contribution is 8.00. The summed E-state index contributed by atoms with van der Waals surface area (Å²) in [5, 5.41) is 9.13. The zero-order valence-corrected chi connectivity index (χ0v) is 25.5. The molecule has 0 saturated heterocycles. The van der Waals surface area contributed by atoms with Crippen molar-refractivity contribution < 1.29 is 23.9 Å². The van der Waals surface area contributed by atoms with Gasteiger partial charge in [-0.1, -0.05) is 59.6 Å². The number of carbonyl (C=O) groups excluding carboxylic acids is 3. The van der Waals surface area contributed by atoms with Crippen LogP contribution in [0.3, 0.4) is 0 Å². The summed E-state index contributed by atoms with van der Waals surface area (Å²) in [5.74, 6) is -0.292. The van der Waals surface area contributed by atoms with Gasteiger partial charge in [0.15, 0.2) is 11.5 Å². The summed E-state index contributed by atoms with van der Waals surface area (Å²) in [5.41, 5.74) is 1.85. The number of thioether (sulfide) groups is 1. The molecule has 0 unspecified atom stereocenters. The van der Waals surface area contributed by atoms with Gasteiger partial charge in [0.25, 0.3) is 11.8 Å². The zero-order valence-electron chi connectivity index (χ0n) is 23.2. The van der Waals surface area contributed by atoms with Crippen LogP contribution >= 0.6 is 35.0 Å². The normalized spacial score (nSPS) is 10.9. The predicted octanol–water partition coefficient (Wildman–Crippen LogP) is 7.15. The Balaban J connectivity index is 1.51. The lowest BCUT2D eigenvalue weighted by Crippen LogP contribution is -2.30. The molecule has 0 atom stereocenters. The summed E-state index contributed by atoms with van der Waals surface area (Å²) < 4.78 is 10.9. The van der Waals surface area contributed by atoms with E-state index in [1.165, 1.54) is 32.1 Å². The van der Waals surface area contributed by atoms with Gasteiger partial charge in [-0.3, -0.25) is 14.4 Å². The van der Waals surface area contributed by atoms with E-state index in [1.54, 1.807) is 84.9 Å². The maximum atomic E-state index is 13.5. The van der Waals surface area contributed by atoms with Gasteiger partial charge in [0.05, 0.1) is 20.0 Å². The molecular formula is C32H27Cl2N3O5S. The van der Waals surface area contributed by atoms with Crippen molar-refractivity contribution in [2.75, 3.05) is 30.6 Å². The Bertz CT molecular complexity index is 1640. The molecule has 0 aliphatic rings. The van der Waals surface area contributed by atoms with Crippen molar-refractivity contribution in [2.24, 2.45) is 0 Å². The van der Waals surface area contributed by atoms with E-state index in [0.717, 1.165) is 4.90 Å². The Morgan fingerprint density at radius 1 is 0.791 bits per heavy atom. The molecule has 220 valence electrons. The average molecular weight is 637 g/mol. The summed E-state index contributed by atoms with van der Waals surface area (Å²) in [6.45, 7) is 0. The van der Waals surface area contributed by atoms with Crippen LogP contribution in [0.1, 0.15) is 15.9 Å². The largest absolute Gasteiger partial charge is 0.493 e. The fourth-order valence-electron chi connectivity index (χ4n) is 3.96. The van der Waals surface area contributed by atoms with Crippen LogP contribution in [-0.2, 0) is 9.59 Å². The maximum Gasteiger partial charge on any atom is 0.272 e. The standard InChI is InChI=1S/C32H27Cl2N3O5S/c1-41-28-13-6-10-21(30(28)42-2)14-27(37-31(39)20-8-4-3-5-9-20)32(40)36-24-11-7-12-26(18-24)43-19-29(38)35-25-16-22(33)15-23(34)17-25/h3-18H,19H2,1-2H3,(H,35,38)(H,36,40)(H,37,39)/b27-14+. The summed E-state index contributed by atoms with van der Waals surface area (Å²) in [6.07, 6.45) is 1.52. The molecule has 0 saturated carbocycles. The van der Waals surface area contributed by atoms with Crippen LogP contribution in [0, 0.1) is 0 Å². The Kier molecular flexibility index (Phi) is 11.1. The molecule has 0 bridgehead atoms. The van der Waals surface area contributed by atoms with Gasteiger partial charge >= 0.3 is 0 Å².